The van der Waals surface area contributed by atoms with Crippen molar-refractivity contribution in [2.75, 3.05) is 24.7 Å². The second kappa shape index (κ2) is 6.85. The number of aromatic nitrogens is 1. The van der Waals surface area contributed by atoms with Gasteiger partial charge in [0.15, 0.2) is 11.6 Å². The van der Waals surface area contributed by atoms with Gasteiger partial charge in [-0.3, -0.25) is 0 Å². The van der Waals surface area contributed by atoms with Gasteiger partial charge in [0, 0.05) is 19.2 Å². The third-order valence-electron chi connectivity index (χ3n) is 3.92. The quantitative estimate of drug-likeness (QED) is 0.943. The van der Waals surface area contributed by atoms with Gasteiger partial charge in [-0.2, -0.15) is 0 Å². The van der Waals surface area contributed by atoms with Gasteiger partial charge in [-0.25, -0.2) is 9.37 Å². The lowest BCUT2D eigenvalue weighted by Gasteiger charge is -2.37. The summed E-state index contributed by atoms with van der Waals surface area (Å²) >= 11 is 0. The molecule has 5 heteroatoms. The maximum atomic E-state index is 14.0. The van der Waals surface area contributed by atoms with E-state index in [-0.39, 0.29) is 11.9 Å². The van der Waals surface area contributed by atoms with Crippen LogP contribution in [0.3, 0.4) is 0 Å². The predicted molar refractivity (Wildman–Crippen MR) is 82.2 cm³/mol. The Balaban J connectivity index is 1.77. The Labute approximate surface area is 129 Å². The number of pyridine rings is 1. The molecule has 2 atom stereocenters. The van der Waals surface area contributed by atoms with Crippen LogP contribution in [0.4, 0.5) is 10.2 Å². The van der Waals surface area contributed by atoms with E-state index >= 15 is 0 Å². The van der Waals surface area contributed by atoms with Gasteiger partial charge in [0.2, 0.25) is 0 Å². The van der Waals surface area contributed by atoms with E-state index in [0.717, 1.165) is 5.56 Å². The molecule has 0 unspecified atom stereocenters. The number of rotatable bonds is 4. The van der Waals surface area contributed by atoms with Gasteiger partial charge < -0.3 is 14.7 Å². The molecule has 1 aliphatic rings. The molecule has 1 N–H and O–H groups in total. The summed E-state index contributed by atoms with van der Waals surface area (Å²) in [5.41, 5.74) is 0.856. The van der Waals surface area contributed by atoms with Crippen LogP contribution in [-0.4, -0.2) is 35.9 Å². The first-order valence-corrected chi connectivity index (χ1v) is 7.43. The van der Waals surface area contributed by atoms with Crippen LogP contribution in [0.25, 0.3) is 0 Å². The molecule has 1 aromatic heterocycles. The van der Waals surface area contributed by atoms with Gasteiger partial charge in [-0.05, 0) is 17.7 Å². The molecular weight excluding hydrogens is 283 g/mol. The smallest absolute Gasteiger partial charge is 0.165 e. The SMILES string of the molecule is O[C@@H](C[C@@H]1COCCN1c1ncccc1F)c1ccccc1. The Kier molecular flexibility index (Phi) is 4.65. The number of ether oxygens (including phenoxy) is 1. The van der Waals surface area contributed by atoms with E-state index < -0.39 is 6.10 Å². The minimum absolute atomic E-state index is 0.103. The first-order chi connectivity index (χ1) is 10.8. The van der Waals surface area contributed by atoms with E-state index in [2.05, 4.69) is 4.98 Å². The standard InChI is InChI=1S/C17H19FN2O2/c18-15-7-4-8-19-17(15)20-9-10-22-12-14(20)11-16(21)13-5-2-1-3-6-13/h1-8,14,16,21H,9-12H2/t14-,16+/m1/s1. The van der Waals surface area contributed by atoms with Crippen LogP contribution < -0.4 is 4.90 Å². The zero-order valence-corrected chi connectivity index (χ0v) is 12.2. The first kappa shape index (κ1) is 14.9. The van der Waals surface area contributed by atoms with Crippen LogP contribution in [0.5, 0.6) is 0 Å². The molecule has 0 spiro atoms. The minimum atomic E-state index is -0.609. The van der Waals surface area contributed by atoms with E-state index in [4.69, 9.17) is 4.74 Å². The molecular formula is C17H19FN2O2. The Morgan fingerprint density at radius 1 is 1.27 bits per heavy atom. The summed E-state index contributed by atoms with van der Waals surface area (Å²) in [6, 6.07) is 12.4. The number of nitrogens with zero attached hydrogens (tertiary/aromatic N) is 2. The van der Waals surface area contributed by atoms with Crippen molar-refractivity contribution < 1.29 is 14.2 Å². The van der Waals surface area contributed by atoms with Crippen molar-refractivity contribution in [2.45, 2.75) is 18.6 Å². The Morgan fingerprint density at radius 3 is 2.86 bits per heavy atom. The van der Waals surface area contributed by atoms with Crippen LogP contribution in [0.2, 0.25) is 0 Å². The molecule has 1 aliphatic heterocycles. The van der Waals surface area contributed by atoms with Gasteiger partial charge in [0.25, 0.3) is 0 Å². The average molecular weight is 302 g/mol. The third kappa shape index (κ3) is 3.26. The molecule has 0 saturated carbocycles. The van der Waals surface area contributed by atoms with E-state index in [1.165, 1.54) is 6.07 Å². The highest BCUT2D eigenvalue weighted by Crippen LogP contribution is 2.26. The maximum Gasteiger partial charge on any atom is 0.165 e. The van der Waals surface area contributed by atoms with Gasteiger partial charge in [-0.15, -0.1) is 0 Å². The highest BCUT2D eigenvalue weighted by molar-refractivity contribution is 5.41. The van der Waals surface area contributed by atoms with Crippen molar-refractivity contribution in [1.29, 1.82) is 0 Å². The summed E-state index contributed by atoms with van der Waals surface area (Å²) in [6.07, 6.45) is 1.45. The molecule has 0 radical (unpaired) electrons. The van der Waals surface area contributed by atoms with Crippen molar-refractivity contribution in [3.05, 3.63) is 60.0 Å². The maximum absolute atomic E-state index is 14.0. The van der Waals surface area contributed by atoms with E-state index in [9.17, 15) is 9.50 Å². The fourth-order valence-corrected chi connectivity index (χ4v) is 2.79. The van der Waals surface area contributed by atoms with E-state index in [1.807, 2.05) is 35.2 Å². The fourth-order valence-electron chi connectivity index (χ4n) is 2.79. The van der Waals surface area contributed by atoms with Crippen LogP contribution in [-0.2, 0) is 4.74 Å². The molecule has 0 aliphatic carbocycles. The molecule has 4 nitrogen and oxygen atoms in total. The Morgan fingerprint density at radius 2 is 2.09 bits per heavy atom. The summed E-state index contributed by atoms with van der Waals surface area (Å²) in [7, 11) is 0. The number of aliphatic hydroxyl groups excluding tert-OH is 1. The summed E-state index contributed by atoms with van der Waals surface area (Å²) < 4.78 is 19.5. The van der Waals surface area contributed by atoms with Crippen LogP contribution in [0, 0.1) is 5.82 Å². The largest absolute Gasteiger partial charge is 0.388 e. The summed E-state index contributed by atoms with van der Waals surface area (Å²) in [4.78, 5) is 6.04. The van der Waals surface area contributed by atoms with Crippen molar-refractivity contribution in [1.82, 2.24) is 4.98 Å². The van der Waals surface area contributed by atoms with Gasteiger partial charge >= 0.3 is 0 Å². The molecule has 1 aromatic carbocycles. The zero-order valence-electron chi connectivity index (χ0n) is 12.2. The highest BCUT2D eigenvalue weighted by Gasteiger charge is 2.28. The number of halogens is 1. The average Bonchev–Trinajstić information content (AvgIpc) is 2.57. The Hall–Kier alpha value is -1.98. The van der Waals surface area contributed by atoms with E-state index in [0.29, 0.717) is 32.0 Å². The van der Waals surface area contributed by atoms with Crippen molar-refractivity contribution in [2.24, 2.45) is 0 Å². The van der Waals surface area contributed by atoms with E-state index in [1.54, 1.807) is 12.3 Å². The molecule has 1 fully saturated rings. The molecule has 22 heavy (non-hydrogen) atoms. The number of anilines is 1. The lowest BCUT2D eigenvalue weighted by molar-refractivity contribution is 0.0673. The summed E-state index contributed by atoms with van der Waals surface area (Å²) in [5, 5.41) is 10.4. The molecule has 3 rings (SSSR count). The van der Waals surface area contributed by atoms with Gasteiger partial charge in [0.1, 0.15) is 0 Å². The van der Waals surface area contributed by atoms with Gasteiger partial charge in [0.05, 0.1) is 25.4 Å². The Bertz CT molecular complexity index is 609. The predicted octanol–water partition coefficient (Wildman–Crippen LogP) is 2.55. The number of hydrogen-bond acceptors (Lipinski definition) is 4. The van der Waals surface area contributed by atoms with Gasteiger partial charge in [-0.1, -0.05) is 30.3 Å². The highest BCUT2D eigenvalue weighted by atomic mass is 19.1. The fraction of sp³-hybridized carbons (Fsp3) is 0.353. The monoisotopic (exact) mass is 302 g/mol. The number of hydrogen-bond donors (Lipinski definition) is 1. The van der Waals surface area contributed by atoms with Crippen LogP contribution in [0.15, 0.2) is 48.7 Å². The summed E-state index contributed by atoms with van der Waals surface area (Å²) in [6.45, 7) is 1.56. The second-order valence-corrected chi connectivity index (χ2v) is 5.39. The number of morpholine rings is 1. The first-order valence-electron chi connectivity index (χ1n) is 7.43. The molecule has 2 aromatic rings. The number of aliphatic hydroxyl groups is 1. The zero-order chi connectivity index (χ0) is 15.4. The topological polar surface area (TPSA) is 45.6 Å². The molecule has 2 heterocycles. The van der Waals surface area contributed by atoms with Crippen molar-refractivity contribution >= 4 is 5.82 Å². The van der Waals surface area contributed by atoms with Crippen molar-refractivity contribution in [3.8, 4) is 0 Å². The summed E-state index contributed by atoms with van der Waals surface area (Å²) in [5.74, 6) is -0.0142. The molecule has 0 amide bonds. The molecule has 1 saturated heterocycles. The minimum Gasteiger partial charge on any atom is -0.388 e. The van der Waals surface area contributed by atoms with Crippen LogP contribution in [0.1, 0.15) is 18.1 Å². The molecule has 0 bridgehead atoms. The number of benzene rings is 1. The third-order valence-corrected chi connectivity index (χ3v) is 3.92. The lowest BCUT2D eigenvalue weighted by atomic mass is 10.0. The lowest BCUT2D eigenvalue weighted by Crippen LogP contribution is -2.47. The second-order valence-electron chi connectivity index (χ2n) is 5.39. The normalized spacial score (nSPS) is 19.9. The molecule has 116 valence electrons. The van der Waals surface area contributed by atoms with Crippen molar-refractivity contribution in [3.63, 3.8) is 0 Å². The van der Waals surface area contributed by atoms with Crippen LogP contribution >= 0.6 is 0 Å².